The average Bonchev–Trinajstić information content (AvgIpc) is 2.20. The van der Waals surface area contributed by atoms with Crippen molar-refractivity contribution < 1.29 is 10.0 Å². The Morgan fingerprint density at radius 3 is 2.87 bits per heavy atom. The molecule has 0 amide bonds. The lowest BCUT2D eigenvalue weighted by Crippen LogP contribution is -1.93. The summed E-state index contributed by atoms with van der Waals surface area (Å²) in [6.07, 6.45) is 0.590. The third kappa shape index (κ3) is 3.37. The van der Waals surface area contributed by atoms with Gasteiger partial charge in [0.15, 0.2) is 0 Å². The summed E-state index contributed by atoms with van der Waals surface area (Å²) in [5.41, 5.74) is 0.0189. The first-order valence-corrected chi connectivity index (χ1v) is 5.69. The third-order valence-electron chi connectivity index (χ3n) is 1.69. The molecule has 1 N–H and O–H groups in total. The summed E-state index contributed by atoms with van der Waals surface area (Å²) in [5.74, 6) is 0.612. The van der Waals surface area contributed by atoms with Crippen LogP contribution >= 0.6 is 23.4 Å². The monoisotopic (exact) mass is 247 g/mol. The van der Waals surface area contributed by atoms with Crippen molar-refractivity contribution in [3.63, 3.8) is 0 Å². The minimum absolute atomic E-state index is 0.0189. The Kier molecular flexibility index (Phi) is 4.87. The van der Waals surface area contributed by atoms with Crippen LogP contribution in [0.1, 0.15) is 6.42 Å². The number of nitrogens with zero attached hydrogens (tertiary/aromatic N) is 1. The van der Waals surface area contributed by atoms with Crippen LogP contribution in [0.15, 0.2) is 23.1 Å². The summed E-state index contributed by atoms with van der Waals surface area (Å²) in [4.78, 5) is 10.7. The van der Waals surface area contributed by atoms with Gasteiger partial charge in [-0.3, -0.25) is 10.1 Å². The average molecular weight is 248 g/mol. The number of aliphatic hydroxyl groups excluding tert-OH is 1. The fraction of sp³-hybridized carbons (Fsp3) is 0.333. The largest absolute Gasteiger partial charge is 0.396 e. The SMILES string of the molecule is O=[N+]([O-])c1cccc(Cl)c1SCCCO. The van der Waals surface area contributed by atoms with Crippen molar-refractivity contribution in [1.29, 1.82) is 0 Å². The molecule has 0 aliphatic rings. The first-order chi connectivity index (χ1) is 7.16. The number of thioether (sulfide) groups is 1. The number of aliphatic hydroxyl groups is 1. The standard InChI is InChI=1S/C9H10ClNO3S/c10-7-3-1-4-8(11(13)14)9(7)15-6-2-5-12/h1,3-4,12H,2,5-6H2. The Morgan fingerprint density at radius 1 is 1.53 bits per heavy atom. The molecule has 1 rings (SSSR count). The lowest BCUT2D eigenvalue weighted by molar-refractivity contribution is -0.387. The molecule has 0 saturated carbocycles. The molecule has 1 aromatic rings. The van der Waals surface area contributed by atoms with E-state index in [-0.39, 0.29) is 12.3 Å². The third-order valence-corrected chi connectivity index (χ3v) is 3.33. The lowest BCUT2D eigenvalue weighted by Gasteiger charge is -2.03. The Balaban J connectivity index is 2.87. The molecule has 82 valence electrons. The molecular formula is C9H10ClNO3S. The zero-order valence-corrected chi connectivity index (χ0v) is 9.42. The van der Waals surface area contributed by atoms with E-state index in [1.165, 1.54) is 17.8 Å². The van der Waals surface area contributed by atoms with Crippen LogP contribution in [-0.4, -0.2) is 22.4 Å². The van der Waals surface area contributed by atoms with Crippen LogP contribution < -0.4 is 0 Å². The van der Waals surface area contributed by atoms with Gasteiger partial charge in [-0.05, 0) is 12.5 Å². The summed E-state index contributed by atoms with van der Waals surface area (Å²) in [6, 6.07) is 4.60. The van der Waals surface area contributed by atoms with E-state index >= 15 is 0 Å². The van der Waals surface area contributed by atoms with Crippen LogP contribution in [0, 0.1) is 10.1 Å². The fourth-order valence-electron chi connectivity index (χ4n) is 1.02. The number of nitro benzene ring substituents is 1. The summed E-state index contributed by atoms with van der Waals surface area (Å²) in [7, 11) is 0. The van der Waals surface area contributed by atoms with Gasteiger partial charge >= 0.3 is 0 Å². The summed E-state index contributed by atoms with van der Waals surface area (Å²) >= 11 is 7.16. The quantitative estimate of drug-likeness (QED) is 0.376. The van der Waals surface area contributed by atoms with Gasteiger partial charge in [-0.1, -0.05) is 17.7 Å². The highest BCUT2D eigenvalue weighted by Crippen LogP contribution is 2.35. The fourth-order valence-corrected chi connectivity index (χ4v) is 2.33. The maximum absolute atomic E-state index is 10.7. The Morgan fingerprint density at radius 2 is 2.27 bits per heavy atom. The van der Waals surface area contributed by atoms with Crippen LogP contribution in [0.4, 0.5) is 5.69 Å². The minimum atomic E-state index is -0.451. The number of rotatable bonds is 5. The van der Waals surface area contributed by atoms with Crippen LogP contribution in [-0.2, 0) is 0 Å². The summed E-state index contributed by atoms with van der Waals surface area (Å²) in [5, 5.41) is 19.7. The zero-order valence-electron chi connectivity index (χ0n) is 7.85. The van der Waals surface area contributed by atoms with E-state index < -0.39 is 4.92 Å². The van der Waals surface area contributed by atoms with E-state index in [0.29, 0.717) is 22.1 Å². The smallest absolute Gasteiger partial charge is 0.284 e. The Hall–Kier alpha value is -0.780. The van der Waals surface area contributed by atoms with Crippen LogP contribution in [0.25, 0.3) is 0 Å². The van der Waals surface area contributed by atoms with Crippen molar-refractivity contribution in [3.8, 4) is 0 Å². The molecule has 0 bridgehead atoms. The molecule has 0 heterocycles. The highest BCUT2D eigenvalue weighted by molar-refractivity contribution is 7.99. The second-order valence-electron chi connectivity index (χ2n) is 2.77. The van der Waals surface area contributed by atoms with E-state index in [2.05, 4.69) is 0 Å². The van der Waals surface area contributed by atoms with Gasteiger partial charge in [-0.2, -0.15) is 0 Å². The number of benzene rings is 1. The Bertz CT molecular complexity index is 359. The number of hydrogen-bond donors (Lipinski definition) is 1. The molecule has 0 aliphatic heterocycles. The van der Waals surface area contributed by atoms with Crippen LogP contribution in [0.5, 0.6) is 0 Å². The molecule has 4 nitrogen and oxygen atoms in total. The van der Waals surface area contributed by atoms with Gasteiger partial charge in [0, 0.05) is 18.4 Å². The summed E-state index contributed by atoms with van der Waals surface area (Å²) < 4.78 is 0. The molecule has 0 saturated heterocycles. The normalized spacial score (nSPS) is 10.3. The number of halogens is 1. The van der Waals surface area contributed by atoms with E-state index in [1.807, 2.05) is 0 Å². The van der Waals surface area contributed by atoms with Gasteiger partial charge in [0.1, 0.15) is 4.90 Å². The molecule has 0 unspecified atom stereocenters. The highest BCUT2D eigenvalue weighted by atomic mass is 35.5. The number of hydrogen-bond acceptors (Lipinski definition) is 4. The van der Waals surface area contributed by atoms with Gasteiger partial charge in [0.05, 0.1) is 9.95 Å². The predicted octanol–water partition coefficient (Wildman–Crippen LogP) is 2.72. The van der Waals surface area contributed by atoms with E-state index in [9.17, 15) is 10.1 Å². The first kappa shape index (κ1) is 12.3. The van der Waals surface area contributed by atoms with Gasteiger partial charge in [-0.15, -0.1) is 11.8 Å². The van der Waals surface area contributed by atoms with Crippen molar-refractivity contribution in [1.82, 2.24) is 0 Å². The van der Waals surface area contributed by atoms with Crippen molar-refractivity contribution in [3.05, 3.63) is 33.3 Å². The van der Waals surface area contributed by atoms with Crippen molar-refractivity contribution >= 4 is 29.1 Å². The van der Waals surface area contributed by atoms with E-state index in [4.69, 9.17) is 16.7 Å². The van der Waals surface area contributed by atoms with Crippen molar-refractivity contribution in [2.75, 3.05) is 12.4 Å². The van der Waals surface area contributed by atoms with Gasteiger partial charge < -0.3 is 5.11 Å². The maximum atomic E-state index is 10.7. The van der Waals surface area contributed by atoms with Crippen molar-refractivity contribution in [2.24, 2.45) is 0 Å². The van der Waals surface area contributed by atoms with Gasteiger partial charge in [0.25, 0.3) is 5.69 Å². The molecule has 0 aromatic heterocycles. The van der Waals surface area contributed by atoms with Gasteiger partial charge in [0.2, 0.25) is 0 Å². The summed E-state index contributed by atoms with van der Waals surface area (Å²) in [6.45, 7) is 0.0747. The minimum Gasteiger partial charge on any atom is -0.396 e. The molecular weight excluding hydrogens is 238 g/mol. The van der Waals surface area contributed by atoms with E-state index in [0.717, 1.165) is 0 Å². The molecule has 0 atom stereocenters. The van der Waals surface area contributed by atoms with Gasteiger partial charge in [-0.25, -0.2) is 0 Å². The lowest BCUT2D eigenvalue weighted by atomic mass is 10.3. The Labute approximate surface area is 96.4 Å². The second-order valence-corrected chi connectivity index (χ2v) is 4.28. The second kappa shape index (κ2) is 5.95. The topological polar surface area (TPSA) is 63.4 Å². The molecule has 15 heavy (non-hydrogen) atoms. The van der Waals surface area contributed by atoms with Crippen LogP contribution in [0.2, 0.25) is 5.02 Å². The molecule has 0 radical (unpaired) electrons. The first-order valence-electron chi connectivity index (χ1n) is 4.33. The zero-order chi connectivity index (χ0) is 11.3. The highest BCUT2D eigenvalue weighted by Gasteiger charge is 2.16. The predicted molar refractivity (Wildman–Crippen MR) is 60.5 cm³/mol. The molecule has 0 fully saturated rings. The van der Waals surface area contributed by atoms with Crippen molar-refractivity contribution in [2.45, 2.75) is 11.3 Å². The number of nitro groups is 1. The molecule has 0 aliphatic carbocycles. The van der Waals surface area contributed by atoms with E-state index in [1.54, 1.807) is 12.1 Å². The molecule has 0 spiro atoms. The molecule has 6 heteroatoms. The maximum Gasteiger partial charge on any atom is 0.284 e. The van der Waals surface area contributed by atoms with Crippen LogP contribution in [0.3, 0.4) is 0 Å². The molecule has 1 aromatic carbocycles.